The van der Waals surface area contributed by atoms with Crippen LogP contribution in [0.4, 0.5) is 5.82 Å². The van der Waals surface area contributed by atoms with Gasteiger partial charge in [-0.15, -0.1) is 0 Å². The van der Waals surface area contributed by atoms with Gasteiger partial charge in [-0.3, -0.25) is 0 Å². The Morgan fingerprint density at radius 3 is 2.38 bits per heavy atom. The Morgan fingerprint density at radius 1 is 1.10 bits per heavy atom. The normalized spacial score (nSPS) is 12.0. The first kappa shape index (κ1) is 13.5. The summed E-state index contributed by atoms with van der Waals surface area (Å²) in [7, 11) is 0. The molecular weight excluding hydrogens is 262 g/mol. The number of rotatable bonds is 1. The minimum atomic E-state index is 0.132. The molecule has 0 saturated heterocycles. The van der Waals surface area contributed by atoms with Crippen molar-refractivity contribution in [3.8, 4) is 11.1 Å². The maximum atomic E-state index is 6.24. The van der Waals surface area contributed by atoms with Crippen molar-refractivity contribution in [1.82, 2.24) is 19.6 Å². The van der Waals surface area contributed by atoms with Gasteiger partial charge in [-0.1, -0.05) is 45.0 Å². The molecule has 5 nitrogen and oxygen atoms in total. The van der Waals surface area contributed by atoms with E-state index < -0.39 is 0 Å². The summed E-state index contributed by atoms with van der Waals surface area (Å²) >= 11 is 0. The molecule has 0 bridgehead atoms. The SMILES string of the molecule is Cc1nc2ncnn2c(N)c1-c1ccc(C(C)(C)C)cc1. The Balaban J connectivity index is 2.16. The molecule has 0 aliphatic heterocycles. The number of aryl methyl sites for hydroxylation is 1. The molecule has 0 atom stereocenters. The fourth-order valence-electron chi connectivity index (χ4n) is 2.47. The average Bonchev–Trinajstić information content (AvgIpc) is 2.86. The van der Waals surface area contributed by atoms with Gasteiger partial charge in [0.05, 0.1) is 5.69 Å². The van der Waals surface area contributed by atoms with Gasteiger partial charge in [0.2, 0.25) is 0 Å². The molecule has 2 aromatic heterocycles. The predicted octanol–water partition coefficient (Wildman–Crippen LogP) is 2.98. The number of anilines is 1. The highest BCUT2D eigenvalue weighted by atomic mass is 15.3. The Labute approximate surface area is 123 Å². The van der Waals surface area contributed by atoms with Gasteiger partial charge in [0, 0.05) is 5.56 Å². The lowest BCUT2D eigenvalue weighted by molar-refractivity contribution is 0.590. The van der Waals surface area contributed by atoms with E-state index in [0.29, 0.717) is 11.6 Å². The van der Waals surface area contributed by atoms with E-state index >= 15 is 0 Å². The van der Waals surface area contributed by atoms with Gasteiger partial charge in [-0.2, -0.15) is 14.6 Å². The van der Waals surface area contributed by atoms with Crippen molar-refractivity contribution in [2.75, 3.05) is 5.73 Å². The summed E-state index contributed by atoms with van der Waals surface area (Å²) in [5, 5.41) is 4.12. The molecule has 0 saturated carbocycles. The first-order valence-electron chi connectivity index (χ1n) is 6.94. The van der Waals surface area contributed by atoms with Crippen molar-refractivity contribution in [3.63, 3.8) is 0 Å². The first-order chi connectivity index (χ1) is 9.88. The minimum absolute atomic E-state index is 0.132. The lowest BCUT2D eigenvalue weighted by Gasteiger charge is -2.19. The quantitative estimate of drug-likeness (QED) is 0.744. The molecule has 108 valence electrons. The highest BCUT2D eigenvalue weighted by Crippen LogP contribution is 2.31. The minimum Gasteiger partial charge on any atom is -0.383 e. The molecule has 0 aliphatic carbocycles. The number of benzene rings is 1. The molecule has 0 radical (unpaired) electrons. The molecule has 0 unspecified atom stereocenters. The average molecular weight is 281 g/mol. The van der Waals surface area contributed by atoms with Crippen molar-refractivity contribution in [2.24, 2.45) is 0 Å². The lowest BCUT2D eigenvalue weighted by Crippen LogP contribution is -2.10. The Kier molecular flexibility index (Phi) is 2.93. The number of nitrogen functional groups attached to an aromatic ring is 1. The third-order valence-electron chi connectivity index (χ3n) is 3.68. The topological polar surface area (TPSA) is 69.1 Å². The van der Waals surface area contributed by atoms with Crippen molar-refractivity contribution >= 4 is 11.6 Å². The second-order valence-electron chi connectivity index (χ2n) is 6.26. The molecule has 0 aliphatic rings. The fraction of sp³-hybridized carbons (Fsp3) is 0.312. The Hall–Kier alpha value is -2.43. The summed E-state index contributed by atoms with van der Waals surface area (Å²) in [6, 6.07) is 8.45. The van der Waals surface area contributed by atoms with Crippen LogP contribution in [0, 0.1) is 6.92 Å². The summed E-state index contributed by atoms with van der Waals surface area (Å²) in [6.45, 7) is 8.54. The van der Waals surface area contributed by atoms with Gasteiger partial charge in [0.15, 0.2) is 0 Å². The third kappa shape index (κ3) is 2.24. The molecule has 1 aromatic carbocycles. The van der Waals surface area contributed by atoms with Gasteiger partial charge in [0.1, 0.15) is 12.1 Å². The zero-order valence-electron chi connectivity index (χ0n) is 12.8. The smallest absolute Gasteiger partial charge is 0.254 e. The van der Waals surface area contributed by atoms with Crippen molar-refractivity contribution in [1.29, 1.82) is 0 Å². The van der Waals surface area contributed by atoms with Crippen LogP contribution in [-0.4, -0.2) is 19.6 Å². The maximum absolute atomic E-state index is 6.24. The van der Waals surface area contributed by atoms with Crippen molar-refractivity contribution < 1.29 is 0 Å². The van der Waals surface area contributed by atoms with Crippen LogP contribution >= 0.6 is 0 Å². The zero-order chi connectivity index (χ0) is 15.2. The number of nitrogens with zero attached hydrogens (tertiary/aromatic N) is 4. The zero-order valence-corrected chi connectivity index (χ0v) is 12.8. The van der Waals surface area contributed by atoms with Crippen LogP contribution < -0.4 is 5.73 Å². The summed E-state index contributed by atoms with van der Waals surface area (Å²) in [5.41, 5.74) is 10.5. The van der Waals surface area contributed by atoms with E-state index in [2.05, 4.69) is 60.1 Å². The van der Waals surface area contributed by atoms with E-state index in [4.69, 9.17) is 5.73 Å². The summed E-state index contributed by atoms with van der Waals surface area (Å²) in [4.78, 5) is 8.54. The standard InChI is InChI=1S/C16H19N5/c1-10-13(14(17)21-15(20-10)18-9-19-21)11-5-7-12(8-6-11)16(2,3)4/h5-9H,17H2,1-4H3. The lowest BCUT2D eigenvalue weighted by atomic mass is 9.86. The van der Waals surface area contributed by atoms with Crippen LogP contribution in [0.1, 0.15) is 32.0 Å². The molecule has 0 fully saturated rings. The number of fused-ring (bicyclic) bond motifs is 1. The van der Waals surface area contributed by atoms with Crippen LogP contribution in [0.15, 0.2) is 30.6 Å². The van der Waals surface area contributed by atoms with Crippen LogP contribution in [0.2, 0.25) is 0 Å². The first-order valence-corrected chi connectivity index (χ1v) is 6.94. The van der Waals surface area contributed by atoms with Crippen LogP contribution in [0.5, 0.6) is 0 Å². The van der Waals surface area contributed by atoms with Crippen molar-refractivity contribution in [3.05, 3.63) is 41.9 Å². The number of nitrogens with two attached hydrogens (primary N) is 1. The van der Waals surface area contributed by atoms with E-state index in [1.807, 2.05) is 6.92 Å². The molecule has 2 N–H and O–H groups in total. The molecule has 2 heterocycles. The third-order valence-corrected chi connectivity index (χ3v) is 3.68. The summed E-state index contributed by atoms with van der Waals surface area (Å²) in [6.07, 6.45) is 1.46. The molecule has 5 heteroatoms. The van der Waals surface area contributed by atoms with Gasteiger partial charge >= 0.3 is 0 Å². The fourth-order valence-corrected chi connectivity index (χ4v) is 2.47. The Morgan fingerprint density at radius 2 is 1.76 bits per heavy atom. The molecular formula is C16H19N5. The second kappa shape index (κ2) is 4.55. The van der Waals surface area contributed by atoms with Gasteiger partial charge in [-0.05, 0) is 23.5 Å². The van der Waals surface area contributed by atoms with E-state index in [0.717, 1.165) is 16.8 Å². The van der Waals surface area contributed by atoms with Gasteiger partial charge in [-0.25, -0.2) is 4.98 Å². The highest BCUT2D eigenvalue weighted by Gasteiger charge is 2.16. The van der Waals surface area contributed by atoms with E-state index in [9.17, 15) is 0 Å². The molecule has 21 heavy (non-hydrogen) atoms. The maximum Gasteiger partial charge on any atom is 0.254 e. The van der Waals surface area contributed by atoms with Crippen LogP contribution in [0.3, 0.4) is 0 Å². The molecule has 3 rings (SSSR count). The van der Waals surface area contributed by atoms with Gasteiger partial charge in [0.25, 0.3) is 5.78 Å². The van der Waals surface area contributed by atoms with Crippen molar-refractivity contribution in [2.45, 2.75) is 33.1 Å². The molecule has 3 aromatic rings. The van der Waals surface area contributed by atoms with Crippen LogP contribution in [-0.2, 0) is 5.41 Å². The molecule has 0 spiro atoms. The Bertz CT molecular complexity index is 794. The van der Waals surface area contributed by atoms with Gasteiger partial charge < -0.3 is 5.73 Å². The summed E-state index contributed by atoms with van der Waals surface area (Å²) < 4.78 is 1.57. The number of hydrogen-bond donors (Lipinski definition) is 1. The van der Waals surface area contributed by atoms with Crippen LogP contribution in [0.25, 0.3) is 16.9 Å². The molecule has 0 amide bonds. The van der Waals surface area contributed by atoms with E-state index in [1.165, 1.54) is 11.9 Å². The van der Waals surface area contributed by atoms with E-state index in [-0.39, 0.29) is 5.41 Å². The monoisotopic (exact) mass is 281 g/mol. The predicted molar refractivity (Wildman–Crippen MR) is 84.1 cm³/mol. The number of hydrogen-bond acceptors (Lipinski definition) is 4. The highest BCUT2D eigenvalue weighted by molar-refractivity contribution is 5.77. The largest absolute Gasteiger partial charge is 0.383 e. The number of aromatic nitrogens is 4. The van der Waals surface area contributed by atoms with E-state index in [1.54, 1.807) is 4.52 Å². The summed E-state index contributed by atoms with van der Waals surface area (Å²) in [5.74, 6) is 1.10. The second-order valence-corrected chi connectivity index (χ2v) is 6.26.